The summed E-state index contributed by atoms with van der Waals surface area (Å²) in [5.41, 5.74) is 2.74. The number of thiazole rings is 1. The molecule has 0 atom stereocenters. The van der Waals surface area contributed by atoms with Gasteiger partial charge in [0.1, 0.15) is 13.2 Å². The minimum atomic E-state index is 0.407. The average molecular weight is 368 g/mol. The molecule has 3 aromatic rings. The lowest BCUT2D eigenvalue weighted by atomic mass is 10.2. The molecule has 1 N–H and O–H groups in total. The molecule has 0 fully saturated rings. The van der Waals surface area contributed by atoms with Crippen LogP contribution in [0, 0.1) is 6.92 Å². The minimum absolute atomic E-state index is 0.407. The Bertz CT molecular complexity index is 939. The summed E-state index contributed by atoms with van der Waals surface area (Å²) < 4.78 is 11.2. The predicted molar refractivity (Wildman–Crippen MR) is 103 cm³/mol. The van der Waals surface area contributed by atoms with Crippen LogP contribution in [0.5, 0.6) is 11.5 Å². The zero-order valence-electron chi connectivity index (χ0n) is 14.9. The number of benzene rings is 1. The number of hydrogen-bond donors (Lipinski definition) is 1. The Balaban J connectivity index is 1.60. The van der Waals surface area contributed by atoms with Crippen LogP contribution in [0.2, 0.25) is 0 Å². The van der Waals surface area contributed by atoms with Gasteiger partial charge in [-0.3, -0.25) is 0 Å². The van der Waals surface area contributed by atoms with Crippen molar-refractivity contribution in [2.75, 3.05) is 18.5 Å². The number of aryl methyl sites for hydroxylation is 1. The van der Waals surface area contributed by atoms with E-state index in [1.807, 2.05) is 31.2 Å². The summed E-state index contributed by atoms with van der Waals surface area (Å²) in [5.74, 6) is 2.44. The van der Waals surface area contributed by atoms with Crippen molar-refractivity contribution in [3.05, 3.63) is 41.2 Å². The molecule has 0 spiro atoms. The highest BCUT2D eigenvalue weighted by molar-refractivity contribution is 7.15. The number of hydrogen-bond acceptors (Lipinski definition) is 7. The van der Waals surface area contributed by atoms with Crippen LogP contribution in [0.4, 0.5) is 11.6 Å². The molecule has 26 heavy (non-hydrogen) atoms. The maximum Gasteiger partial charge on any atom is 0.227 e. The summed E-state index contributed by atoms with van der Waals surface area (Å²) in [6.07, 6.45) is 1.76. The molecule has 0 unspecified atom stereocenters. The number of nitrogens with one attached hydrogen (secondary N) is 1. The summed E-state index contributed by atoms with van der Waals surface area (Å²) in [5, 5.41) is 4.36. The lowest BCUT2D eigenvalue weighted by molar-refractivity contribution is 0.171. The maximum absolute atomic E-state index is 5.62. The zero-order valence-corrected chi connectivity index (χ0v) is 15.8. The van der Waals surface area contributed by atoms with Gasteiger partial charge >= 0.3 is 0 Å². The molecule has 4 rings (SSSR count). The van der Waals surface area contributed by atoms with Gasteiger partial charge in [-0.25, -0.2) is 15.0 Å². The van der Waals surface area contributed by atoms with E-state index in [0.29, 0.717) is 25.1 Å². The number of ether oxygens (including phenoxy) is 2. The topological polar surface area (TPSA) is 69.2 Å². The second-order valence-electron chi connectivity index (χ2n) is 6.37. The van der Waals surface area contributed by atoms with Crippen LogP contribution in [0.25, 0.3) is 10.6 Å². The van der Waals surface area contributed by atoms with Crippen LogP contribution in [0.3, 0.4) is 0 Å². The molecule has 0 bridgehead atoms. The number of anilines is 2. The van der Waals surface area contributed by atoms with E-state index in [2.05, 4.69) is 34.1 Å². The first-order chi connectivity index (χ1) is 12.6. The van der Waals surface area contributed by atoms with Crippen LogP contribution >= 0.6 is 11.3 Å². The van der Waals surface area contributed by atoms with Gasteiger partial charge in [0.05, 0.1) is 21.3 Å². The van der Waals surface area contributed by atoms with Crippen molar-refractivity contribution in [2.45, 2.75) is 26.7 Å². The SMILES string of the molecule is Cc1nc(C(C)C)sc1-c1ccnc(Nc2ccc3c(c2)OCCO3)n1. The fourth-order valence-electron chi connectivity index (χ4n) is 2.70. The molecule has 134 valence electrons. The van der Waals surface area contributed by atoms with E-state index in [-0.39, 0.29) is 0 Å². The lowest BCUT2D eigenvalue weighted by Gasteiger charge is -2.19. The maximum atomic E-state index is 5.62. The molecule has 0 saturated heterocycles. The van der Waals surface area contributed by atoms with Gasteiger partial charge < -0.3 is 14.8 Å². The molecule has 1 aromatic carbocycles. The van der Waals surface area contributed by atoms with E-state index < -0.39 is 0 Å². The molecule has 0 saturated carbocycles. The Morgan fingerprint density at radius 1 is 1.08 bits per heavy atom. The summed E-state index contributed by atoms with van der Waals surface area (Å²) in [6, 6.07) is 7.64. The molecule has 2 aromatic heterocycles. The van der Waals surface area contributed by atoms with Gasteiger partial charge in [0.2, 0.25) is 5.95 Å². The van der Waals surface area contributed by atoms with Gasteiger partial charge in [0.15, 0.2) is 11.5 Å². The zero-order chi connectivity index (χ0) is 18.1. The smallest absolute Gasteiger partial charge is 0.227 e. The summed E-state index contributed by atoms with van der Waals surface area (Å²) in [6.45, 7) is 7.46. The molecule has 1 aliphatic rings. The molecule has 0 amide bonds. The van der Waals surface area contributed by atoms with Crippen molar-refractivity contribution in [2.24, 2.45) is 0 Å². The average Bonchev–Trinajstić information content (AvgIpc) is 3.04. The van der Waals surface area contributed by atoms with Crippen LogP contribution in [0.1, 0.15) is 30.5 Å². The molecule has 7 heteroatoms. The van der Waals surface area contributed by atoms with Crippen molar-refractivity contribution in [1.82, 2.24) is 15.0 Å². The first kappa shape index (κ1) is 16.8. The van der Waals surface area contributed by atoms with E-state index in [0.717, 1.165) is 38.5 Å². The van der Waals surface area contributed by atoms with Crippen LogP contribution in [0.15, 0.2) is 30.5 Å². The van der Waals surface area contributed by atoms with Crippen LogP contribution < -0.4 is 14.8 Å². The quantitative estimate of drug-likeness (QED) is 0.729. The van der Waals surface area contributed by atoms with E-state index in [4.69, 9.17) is 9.47 Å². The summed E-state index contributed by atoms with van der Waals surface area (Å²) in [4.78, 5) is 14.7. The Kier molecular flexibility index (Phi) is 4.46. The molecular weight excluding hydrogens is 348 g/mol. The molecule has 6 nitrogen and oxygen atoms in total. The predicted octanol–water partition coefficient (Wildman–Crippen LogP) is 4.55. The fourth-order valence-corrected chi connectivity index (χ4v) is 3.74. The van der Waals surface area contributed by atoms with Crippen molar-refractivity contribution < 1.29 is 9.47 Å². The first-order valence-electron chi connectivity index (χ1n) is 8.57. The Morgan fingerprint density at radius 3 is 2.65 bits per heavy atom. The Hall–Kier alpha value is -2.67. The van der Waals surface area contributed by atoms with Gasteiger partial charge in [-0.05, 0) is 25.1 Å². The summed E-state index contributed by atoms with van der Waals surface area (Å²) in [7, 11) is 0. The third-order valence-electron chi connectivity index (χ3n) is 3.99. The van der Waals surface area contributed by atoms with Gasteiger partial charge in [0.25, 0.3) is 0 Å². The van der Waals surface area contributed by atoms with Crippen molar-refractivity contribution in [1.29, 1.82) is 0 Å². The van der Waals surface area contributed by atoms with Gasteiger partial charge in [-0.15, -0.1) is 11.3 Å². The van der Waals surface area contributed by atoms with Crippen molar-refractivity contribution >= 4 is 23.0 Å². The number of rotatable bonds is 4. The third-order valence-corrected chi connectivity index (χ3v) is 5.47. The highest BCUT2D eigenvalue weighted by Gasteiger charge is 2.15. The second kappa shape index (κ2) is 6.92. The molecule has 3 heterocycles. The van der Waals surface area contributed by atoms with E-state index >= 15 is 0 Å². The van der Waals surface area contributed by atoms with Gasteiger partial charge in [-0.1, -0.05) is 13.8 Å². The second-order valence-corrected chi connectivity index (χ2v) is 7.40. The molecule has 0 aliphatic carbocycles. The number of aromatic nitrogens is 3. The van der Waals surface area contributed by atoms with Crippen LogP contribution in [-0.2, 0) is 0 Å². The van der Waals surface area contributed by atoms with E-state index in [1.165, 1.54) is 0 Å². The van der Waals surface area contributed by atoms with Crippen LogP contribution in [-0.4, -0.2) is 28.2 Å². The fraction of sp³-hybridized carbons (Fsp3) is 0.316. The van der Waals surface area contributed by atoms with E-state index in [9.17, 15) is 0 Å². The number of nitrogens with zero attached hydrogens (tertiary/aromatic N) is 3. The van der Waals surface area contributed by atoms with E-state index in [1.54, 1.807) is 17.5 Å². The third kappa shape index (κ3) is 3.35. The monoisotopic (exact) mass is 368 g/mol. The Morgan fingerprint density at radius 2 is 1.88 bits per heavy atom. The normalized spacial score (nSPS) is 13.1. The highest BCUT2D eigenvalue weighted by Crippen LogP contribution is 2.34. The standard InChI is InChI=1S/C19H20N4O2S/c1-11(2)18-21-12(3)17(26-18)14-6-7-20-19(23-14)22-13-4-5-15-16(10-13)25-9-8-24-15/h4-7,10-11H,8-9H2,1-3H3,(H,20,22,23). The highest BCUT2D eigenvalue weighted by atomic mass is 32.1. The largest absolute Gasteiger partial charge is 0.486 e. The van der Waals surface area contributed by atoms with Gasteiger partial charge in [0, 0.05) is 23.9 Å². The molecule has 0 radical (unpaired) electrons. The minimum Gasteiger partial charge on any atom is -0.486 e. The Labute approximate surface area is 156 Å². The molecule has 1 aliphatic heterocycles. The number of fused-ring (bicyclic) bond motifs is 1. The van der Waals surface area contributed by atoms with Crippen molar-refractivity contribution in [3.63, 3.8) is 0 Å². The first-order valence-corrected chi connectivity index (χ1v) is 9.39. The molecular formula is C19H20N4O2S. The summed E-state index contributed by atoms with van der Waals surface area (Å²) >= 11 is 1.69. The lowest BCUT2D eigenvalue weighted by Crippen LogP contribution is -2.15. The van der Waals surface area contributed by atoms with Crippen molar-refractivity contribution in [3.8, 4) is 22.1 Å². The van der Waals surface area contributed by atoms with Gasteiger partial charge in [-0.2, -0.15) is 0 Å².